The van der Waals surface area contributed by atoms with Crippen LogP contribution in [0.4, 0.5) is 0 Å². The summed E-state index contributed by atoms with van der Waals surface area (Å²) < 4.78 is 8.05. The van der Waals surface area contributed by atoms with Gasteiger partial charge in [0.1, 0.15) is 0 Å². The molecule has 1 fully saturated rings. The van der Waals surface area contributed by atoms with Gasteiger partial charge in [-0.25, -0.2) is 9.59 Å². The molecule has 2 rings (SSSR count). The van der Waals surface area contributed by atoms with Crippen LogP contribution in [0.3, 0.4) is 0 Å². The van der Waals surface area contributed by atoms with E-state index in [1.54, 1.807) is 21.4 Å². The van der Waals surface area contributed by atoms with Crippen LogP contribution in [0.15, 0.2) is 28.8 Å². The van der Waals surface area contributed by atoms with Crippen LogP contribution in [0.2, 0.25) is 0 Å². The van der Waals surface area contributed by atoms with Crippen molar-refractivity contribution < 1.29 is 9.53 Å². The maximum Gasteiger partial charge on any atom is 0.333 e. The van der Waals surface area contributed by atoms with E-state index in [9.17, 15) is 9.59 Å². The van der Waals surface area contributed by atoms with Crippen LogP contribution in [0, 0.1) is 0 Å². The second-order valence-electron chi connectivity index (χ2n) is 4.45. The number of imidazole rings is 1. The zero-order chi connectivity index (χ0) is 13.1. The van der Waals surface area contributed by atoms with Crippen molar-refractivity contribution in [3.63, 3.8) is 0 Å². The molecule has 0 amide bonds. The Labute approximate surface area is 106 Å². The minimum absolute atomic E-state index is 0.00549. The minimum atomic E-state index is -0.327. The molecule has 0 atom stereocenters. The van der Waals surface area contributed by atoms with Crippen LogP contribution in [0.5, 0.6) is 0 Å². The number of hydrogen-bond acceptors (Lipinski definition) is 3. The van der Waals surface area contributed by atoms with Gasteiger partial charge in [-0.05, 0) is 19.3 Å². The molecule has 0 bridgehead atoms. The predicted octanol–water partition coefficient (Wildman–Crippen LogP) is 1.49. The third-order valence-electron chi connectivity index (χ3n) is 3.18. The molecule has 0 spiro atoms. The van der Waals surface area contributed by atoms with Crippen molar-refractivity contribution >= 4 is 5.97 Å². The number of hydrogen-bond donors (Lipinski definition) is 0. The molecule has 0 N–H and O–H groups in total. The number of carbonyl (C=O) groups excluding carboxylic acids is 1. The smallest absolute Gasteiger partial charge is 0.333 e. The Morgan fingerprint density at radius 2 is 2.22 bits per heavy atom. The average Bonchev–Trinajstić information content (AvgIpc) is 3.15. The standard InChI is InChI=1S/C13H18N2O3/c1-3-10(12(16)18-2)6-7-14-8-9-15(13(14)17)11-4-5-11/h6,8-9,11H,3-5,7H2,1-2H3/b10-6-. The first-order chi connectivity index (χ1) is 8.67. The van der Waals surface area contributed by atoms with Crippen LogP contribution in [-0.4, -0.2) is 22.2 Å². The summed E-state index contributed by atoms with van der Waals surface area (Å²) in [6.45, 7) is 2.30. The molecule has 1 heterocycles. The van der Waals surface area contributed by atoms with Gasteiger partial charge in [0.15, 0.2) is 0 Å². The molecule has 1 saturated carbocycles. The lowest BCUT2D eigenvalue weighted by Crippen LogP contribution is -2.23. The Balaban J connectivity index is 2.11. The van der Waals surface area contributed by atoms with Crippen molar-refractivity contribution in [3.8, 4) is 0 Å². The highest BCUT2D eigenvalue weighted by Gasteiger charge is 2.25. The molecular formula is C13H18N2O3. The molecule has 0 aliphatic heterocycles. The van der Waals surface area contributed by atoms with Gasteiger partial charge < -0.3 is 4.74 Å². The molecule has 0 unspecified atom stereocenters. The van der Waals surface area contributed by atoms with Gasteiger partial charge in [0.05, 0.1) is 7.11 Å². The summed E-state index contributed by atoms with van der Waals surface area (Å²) in [4.78, 5) is 23.4. The molecule has 1 aliphatic carbocycles. The summed E-state index contributed by atoms with van der Waals surface area (Å²) in [7, 11) is 1.36. The maximum atomic E-state index is 12.0. The van der Waals surface area contributed by atoms with Crippen molar-refractivity contribution in [3.05, 3.63) is 34.5 Å². The molecule has 98 valence electrons. The van der Waals surface area contributed by atoms with Gasteiger partial charge in [0.2, 0.25) is 0 Å². The van der Waals surface area contributed by atoms with E-state index in [0.717, 1.165) is 12.8 Å². The number of nitrogens with zero attached hydrogens (tertiary/aromatic N) is 2. The van der Waals surface area contributed by atoms with Crippen molar-refractivity contribution in [2.24, 2.45) is 0 Å². The van der Waals surface area contributed by atoms with E-state index in [-0.39, 0.29) is 11.7 Å². The summed E-state index contributed by atoms with van der Waals surface area (Å²) in [5.74, 6) is -0.327. The zero-order valence-corrected chi connectivity index (χ0v) is 10.8. The first-order valence-corrected chi connectivity index (χ1v) is 6.22. The average molecular weight is 250 g/mol. The van der Waals surface area contributed by atoms with Gasteiger partial charge in [-0.3, -0.25) is 9.13 Å². The molecular weight excluding hydrogens is 232 g/mol. The maximum absolute atomic E-state index is 12.0. The van der Waals surface area contributed by atoms with E-state index in [4.69, 9.17) is 0 Å². The van der Waals surface area contributed by atoms with E-state index < -0.39 is 0 Å². The molecule has 0 aromatic carbocycles. The normalized spacial score (nSPS) is 15.8. The zero-order valence-electron chi connectivity index (χ0n) is 10.8. The predicted molar refractivity (Wildman–Crippen MR) is 67.4 cm³/mol. The van der Waals surface area contributed by atoms with Gasteiger partial charge in [-0.1, -0.05) is 13.0 Å². The Morgan fingerprint density at radius 3 is 2.78 bits per heavy atom. The van der Waals surface area contributed by atoms with E-state index in [0.29, 0.717) is 24.6 Å². The van der Waals surface area contributed by atoms with E-state index >= 15 is 0 Å². The summed E-state index contributed by atoms with van der Waals surface area (Å²) in [6, 6.07) is 0.383. The van der Waals surface area contributed by atoms with Crippen molar-refractivity contribution in [1.82, 2.24) is 9.13 Å². The Kier molecular flexibility index (Phi) is 3.69. The van der Waals surface area contributed by atoms with Crippen LogP contribution in [0.25, 0.3) is 0 Å². The number of ether oxygens (including phenoxy) is 1. The van der Waals surface area contributed by atoms with Gasteiger partial charge in [0.25, 0.3) is 0 Å². The SMILES string of the molecule is CC/C(=C/Cn1ccn(C2CC2)c1=O)C(=O)OC. The largest absolute Gasteiger partial charge is 0.466 e. The van der Waals surface area contributed by atoms with Gasteiger partial charge in [-0.2, -0.15) is 0 Å². The number of methoxy groups -OCH3 is 1. The Bertz CT molecular complexity index is 521. The number of carbonyl (C=O) groups is 1. The van der Waals surface area contributed by atoms with E-state index in [2.05, 4.69) is 4.74 Å². The second-order valence-corrected chi connectivity index (χ2v) is 4.45. The second kappa shape index (κ2) is 5.25. The molecule has 1 aromatic heterocycles. The lowest BCUT2D eigenvalue weighted by atomic mass is 10.2. The lowest BCUT2D eigenvalue weighted by Gasteiger charge is -2.02. The number of rotatable bonds is 5. The monoisotopic (exact) mass is 250 g/mol. The molecule has 5 nitrogen and oxygen atoms in total. The van der Waals surface area contributed by atoms with Crippen LogP contribution in [-0.2, 0) is 16.1 Å². The first-order valence-electron chi connectivity index (χ1n) is 6.22. The Hall–Kier alpha value is -1.78. The van der Waals surface area contributed by atoms with E-state index in [1.165, 1.54) is 7.11 Å². The fourth-order valence-corrected chi connectivity index (χ4v) is 1.91. The highest BCUT2D eigenvalue weighted by atomic mass is 16.5. The van der Waals surface area contributed by atoms with Crippen LogP contribution >= 0.6 is 0 Å². The fourth-order valence-electron chi connectivity index (χ4n) is 1.91. The fraction of sp³-hybridized carbons (Fsp3) is 0.538. The summed E-state index contributed by atoms with van der Waals surface area (Å²) in [6.07, 6.45) is 8.11. The molecule has 0 radical (unpaired) electrons. The highest BCUT2D eigenvalue weighted by molar-refractivity contribution is 5.88. The van der Waals surface area contributed by atoms with Crippen molar-refractivity contribution in [1.29, 1.82) is 0 Å². The lowest BCUT2D eigenvalue weighted by molar-refractivity contribution is -0.136. The van der Waals surface area contributed by atoms with Crippen LogP contribution in [0.1, 0.15) is 32.2 Å². The summed E-state index contributed by atoms with van der Waals surface area (Å²) in [5, 5.41) is 0. The van der Waals surface area contributed by atoms with Crippen molar-refractivity contribution in [2.45, 2.75) is 38.8 Å². The molecule has 18 heavy (non-hydrogen) atoms. The number of aromatic nitrogens is 2. The number of esters is 1. The molecule has 1 aromatic rings. The highest BCUT2D eigenvalue weighted by Crippen LogP contribution is 2.33. The third kappa shape index (κ3) is 2.55. The summed E-state index contributed by atoms with van der Waals surface area (Å²) >= 11 is 0. The number of allylic oxidation sites excluding steroid dienone is 1. The molecule has 0 saturated heterocycles. The minimum Gasteiger partial charge on any atom is -0.466 e. The van der Waals surface area contributed by atoms with E-state index in [1.807, 2.05) is 13.1 Å². The van der Waals surface area contributed by atoms with Gasteiger partial charge >= 0.3 is 11.7 Å². The molecule has 5 heteroatoms. The summed E-state index contributed by atoms with van der Waals surface area (Å²) in [5.41, 5.74) is 0.595. The third-order valence-corrected chi connectivity index (χ3v) is 3.18. The van der Waals surface area contributed by atoms with Gasteiger partial charge in [-0.15, -0.1) is 0 Å². The van der Waals surface area contributed by atoms with Gasteiger partial charge in [0, 0.05) is 30.6 Å². The molecule has 1 aliphatic rings. The topological polar surface area (TPSA) is 53.2 Å². The van der Waals surface area contributed by atoms with Crippen LogP contribution < -0.4 is 5.69 Å². The Morgan fingerprint density at radius 1 is 1.50 bits per heavy atom. The quantitative estimate of drug-likeness (QED) is 0.587. The first kappa shape index (κ1) is 12.7. The van der Waals surface area contributed by atoms with Crippen molar-refractivity contribution in [2.75, 3.05) is 7.11 Å².